The molecule has 0 aliphatic heterocycles. The van der Waals surface area contributed by atoms with Crippen LogP contribution in [0.1, 0.15) is 58.8 Å². The van der Waals surface area contributed by atoms with Crippen molar-refractivity contribution >= 4 is 11.6 Å². The van der Waals surface area contributed by atoms with Crippen molar-refractivity contribution in [3.63, 3.8) is 0 Å². The molecular weight excluding hydrogens is 298 g/mol. The van der Waals surface area contributed by atoms with Gasteiger partial charge in [0.05, 0.1) is 0 Å². The van der Waals surface area contributed by atoms with Crippen LogP contribution in [-0.2, 0) is 9.59 Å². The number of rotatable bonds is 0. The first-order valence-electron chi connectivity index (χ1n) is 8.85. The molecule has 3 saturated carbocycles. The van der Waals surface area contributed by atoms with Crippen LogP contribution in [0.15, 0.2) is 11.6 Å². The van der Waals surface area contributed by atoms with Crippen LogP contribution >= 0.6 is 0 Å². The highest BCUT2D eigenvalue weighted by Gasteiger charge is 2.67. The van der Waals surface area contributed by atoms with Crippen LogP contribution in [0, 0.1) is 28.6 Å². The number of halogens is 2. The lowest BCUT2D eigenvalue weighted by molar-refractivity contribution is -0.147. The number of allylic oxidation sites excluding steroid dienone is 1. The summed E-state index contributed by atoms with van der Waals surface area (Å²) >= 11 is 0. The van der Waals surface area contributed by atoms with Crippen LogP contribution in [0.3, 0.4) is 0 Å². The highest BCUT2D eigenvalue weighted by molar-refractivity contribution is 5.94. The fourth-order valence-corrected chi connectivity index (χ4v) is 6.32. The Kier molecular flexibility index (Phi) is 3.04. The van der Waals surface area contributed by atoms with Crippen LogP contribution in [0.4, 0.5) is 8.78 Å². The molecule has 0 radical (unpaired) electrons. The molecule has 126 valence electrons. The molecule has 0 aromatic carbocycles. The van der Waals surface area contributed by atoms with E-state index in [4.69, 9.17) is 0 Å². The summed E-state index contributed by atoms with van der Waals surface area (Å²) in [7, 11) is 0. The summed E-state index contributed by atoms with van der Waals surface area (Å²) in [6, 6.07) is 0. The minimum absolute atomic E-state index is 0.0287. The van der Waals surface area contributed by atoms with Crippen molar-refractivity contribution < 1.29 is 18.4 Å². The molecule has 0 amide bonds. The lowest BCUT2D eigenvalue weighted by atomic mass is 9.47. The molecule has 0 aromatic rings. The molecule has 4 heteroatoms. The van der Waals surface area contributed by atoms with Gasteiger partial charge in [0, 0.05) is 18.3 Å². The van der Waals surface area contributed by atoms with E-state index in [-0.39, 0.29) is 29.5 Å². The van der Waals surface area contributed by atoms with E-state index in [1.165, 1.54) is 5.57 Å². The summed E-state index contributed by atoms with van der Waals surface area (Å²) < 4.78 is 28.2. The smallest absolute Gasteiger partial charge is 0.295 e. The molecule has 4 aliphatic carbocycles. The average Bonchev–Trinajstić information content (AvgIpc) is 2.68. The Morgan fingerprint density at radius 3 is 2.48 bits per heavy atom. The molecule has 0 spiro atoms. The number of hydrogen-bond acceptors (Lipinski definition) is 2. The monoisotopic (exact) mass is 322 g/mol. The van der Waals surface area contributed by atoms with E-state index in [1.807, 2.05) is 6.08 Å². The van der Waals surface area contributed by atoms with Gasteiger partial charge in [-0.15, -0.1) is 0 Å². The van der Waals surface area contributed by atoms with Crippen molar-refractivity contribution in [2.75, 3.05) is 0 Å². The van der Waals surface area contributed by atoms with E-state index in [0.717, 1.165) is 25.7 Å². The van der Waals surface area contributed by atoms with Crippen LogP contribution in [0.2, 0.25) is 0 Å². The van der Waals surface area contributed by atoms with Crippen LogP contribution in [0.25, 0.3) is 0 Å². The standard InChI is InChI=1S/C19H24F2O2/c1-17-7-5-12(22)9-11(17)3-4-13-14(17)6-8-18(2)15(13)10-19(20,21)16(18)23/h9,13-15H,3-8,10H2,1-2H3/t13-,14+,15+,17+,18+/m1/s1. The molecule has 0 heterocycles. The molecule has 0 bridgehead atoms. The van der Waals surface area contributed by atoms with E-state index >= 15 is 0 Å². The lowest BCUT2D eigenvalue weighted by Crippen LogP contribution is -2.50. The summed E-state index contributed by atoms with van der Waals surface area (Å²) in [5, 5.41) is 0. The quantitative estimate of drug-likeness (QED) is 0.665. The van der Waals surface area contributed by atoms with E-state index in [0.29, 0.717) is 18.8 Å². The van der Waals surface area contributed by atoms with E-state index in [9.17, 15) is 18.4 Å². The van der Waals surface area contributed by atoms with Crippen molar-refractivity contribution in [1.82, 2.24) is 0 Å². The van der Waals surface area contributed by atoms with Crippen molar-refractivity contribution in [2.45, 2.75) is 64.7 Å². The zero-order chi connectivity index (χ0) is 16.6. The fraction of sp³-hybridized carbons (Fsp3) is 0.789. The summed E-state index contributed by atoms with van der Waals surface area (Å²) in [6.07, 6.45) is 6.05. The largest absolute Gasteiger partial charge is 0.306 e. The highest BCUT2D eigenvalue weighted by atomic mass is 19.3. The van der Waals surface area contributed by atoms with Gasteiger partial charge in [-0.05, 0) is 61.3 Å². The Hall–Kier alpha value is -1.06. The summed E-state index contributed by atoms with van der Waals surface area (Å²) in [5.41, 5.74) is 0.362. The van der Waals surface area contributed by atoms with Crippen molar-refractivity contribution in [3.8, 4) is 0 Å². The predicted octanol–water partition coefficient (Wildman–Crippen LogP) is 4.33. The van der Waals surface area contributed by atoms with Crippen LogP contribution in [0.5, 0.6) is 0 Å². The van der Waals surface area contributed by atoms with Crippen molar-refractivity contribution in [1.29, 1.82) is 0 Å². The first-order chi connectivity index (χ1) is 10.7. The summed E-state index contributed by atoms with van der Waals surface area (Å²) in [6.45, 7) is 3.99. The van der Waals surface area contributed by atoms with Gasteiger partial charge >= 0.3 is 5.92 Å². The van der Waals surface area contributed by atoms with Gasteiger partial charge in [-0.3, -0.25) is 9.59 Å². The maximum absolute atomic E-state index is 14.1. The van der Waals surface area contributed by atoms with Crippen molar-refractivity contribution in [2.24, 2.45) is 28.6 Å². The average molecular weight is 322 g/mol. The molecule has 4 rings (SSSR count). The van der Waals surface area contributed by atoms with Crippen LogP contribution in [-0.4, -0.2) is 17.5 Å². The zero-order valence-electron chi connectivity index (χ0n) is 13.8. The maximum Gasteiger partial charge on any atom is 0.306 e. The Balaban J connectivity index is 1.72. The second-order valence-electron chi connectivity index (χ2n) is 8.66. The molecule has 5 atom stereocenters. The molecule has 0 N–H and O–H groups in total. The van der Waals surface area contributed by atoms with Gasteiger partial charge in [0.15, 0.2) is 5.78 Å². The van der Waals surface area contributed by atoms with Gasteiger partial charge in [0.2, 0.25) is 5.78 Å². The number of Topliss-reactive ketones (excluding diaryl/α,β-unsaturated/α-hetero) is 1. The Morgan fingerprint density at radius 1 is 1.00 bits per heavy atom. The Labute approximate surface area is 135 Å². The molecule has 4 aliphatic rings. The molecule has 3 fully saturated rings. The van der Waals surface area contributed by atoms with Gasteiger partial charge in [0.1, 0.15) is 0 Å². The van der Waals surface area contributed by atoms with Crippen LogP contribution < -0.4 is 0 Å². The number of carbonyl (C=O) groups excluding carboxylic acids is 2. The fourth-order valence-electron chi connectivity index (χ4n) is 6.32. The number of carbonyl (C=O) groups is 2. The van der Waals surface area contributed by atoms with Crippen molar-refractivity contribution in [3.05, 3.63) is 11.6 Å². The predicted molar refractivity (Wildman–Crippen MR) is 82.0 cm³/mol. The first-order valence-corrected chi connectivity index (χ1v) is 8.85. The highest BCUT2D eigenvalue weighted by Crippen LogP contribution is 2.66. The number of alkyl halides is 2. The third-order valence-corrected chi connectivity index (χ3v) is 7.68. The number of ketones is 2. The van der Waals surface area contributed by atoms with Gasteiger partial charge in [-0.2, -0.15) is 8.78 Å². The topological polar surface area (TPSA) is 34.1 Å². The van der Waals surface area contributed by atoms with Gasteiger partial charge in [0.25, 0.3) is 0 Å². The third kappa shape index (κ3) is 1.90. The second kappa shape index (κ2) is 4.52. The molecule has 0 aromatic heterocycles. The molecule has 2 nitrogen and oxygen atoms in total. The minimum atomic E-state index is -3.14. The SMILES string of the molecule is C[C@]12CCC(=O)C=C1CC[C@@H]1[C@@H]2CC[C@]2(C)C(=O)C(F)(F)C[C@@H]12. The first kappa shape index (κ1) is 15.5. The summed E-state index contributed by atoms with van der Waals surface area (Å²) in [5.74, 6) is -3.41. The lowest BCUT2D eigenvalue weighted by Gasteiger charge is -2.56. The van der Waals surface area contributed by atoms with E-state index in [2.05, 4.69) is 6.92 Å². The molecule has 0 saturated heterocycles. The van der Waals surface area contributed by atoms with Gasteiger partial charge in [-0.25, -0.2) is 0 Å². The van der Waals surface area contributed by atoms with E-state index in [1.54, 1.807) is 6.92 Å². The van der Waals surface area contributed by atoms with Gasteiger partial charge < -0.3 is 0 Å². The molecular formula is C19H24F2O2. The number of fused-ring (bicyclic) bond motifs is 5. The summed E-state index contributed by atoms with van der Waals surface area (Å²) in [4.78, 5) is 24.0. The third-order valence-electron chi connectivity index (χ3n) is 7.68. The Morgan fingerprint density at radius 2 is 1.74 bits per heavy atom. The minimum Gasteiger partial charge on any atom is -0.295 e. The maximum atomic E-state index is 14.1. The zero-order valence-corrected chi connectivity index (χ0v) is 13.8. The normalized spacial score (nSPS) is 48.3. The Bertz CT molecular complexity index is 623. The van der Waals surface area contributed by atoms with E-state index < -0.39 is 17.1 Å². The molecule has 0 unspecified atom stereocenters. The number of hydrogen-bond donors (Lipinski definition) is 0. The molecule has 23 heavy (non-hydrogen) atoms. The van der Waals surface area contributed by atoms with Gasteiger partial charge in [-0.1, -0.05) is 19.4 Å². The second-order valence-corrected chi connectivity index (χ2v) is 8.66.